The lowest BCUT2D eigenvalue weighted by molar-refractivity contribution is 0.479. The monoisotopic (exact) mass is 195 g/mol. The van der Waals surface area contributed by atoms with Crippen molar-refractivity contribution >= 4 is 0 Å². The first-order valence-corrected chi connectivity index (χ1v) is 5.09. The molecular formula is C12H18FN. The summed E-state index contributed by atoms with van der Waals surface area (Å²) < 4.78 is 13.3. The van der Waals surface area contributed by atoms with E-state index >= 15 is 0 Å². The van der Waals surface area contributed by atoms with Gasteiger partial charge in [0.1, 0.15) is 5.82 Å². The summed E-state index contributed by atoms with van der Waals surface area (Å²) in [5, 5.41) is 3.35. The number of hydrogen-bond acceptors (Lipinski definition) is 1. The molecule has 1 N–H and O–H groups in total. The molecule has 0 aliphatic heterocycles. The van der Waals surface area contributed by atoms with Crippen LogP contribution in [0.2, 0.25) is 0 Å². The molecule has 0 heterocycles. The van der Waals surface area contributed by atoms with Gasteiger partial charge in [-0.3, -0.25) is 0 Å². The van der Waals surface area contributed by atoms with Crippen molar-refractivity contribution in [1.82, 2.24) is 5.32 Å². The molecule has 1 unspecified atom stereocenters. The van der Waals surface area contributed by atoms with Crippen molar-refractivity contribution in [3.63, 3.8) is 0 Å². The van der Waals surface area contributed by atoms with E-state index in [2.05, 4.69) is 26.1 Å². The van der Waals surface area contributed by atoms with Crippen LogP contribution in [0, 0.1) is 5.82 Å². The van der Waals surface area contributed by atoms with E-state index in [1.165, 1.54) is 6.07 Å². The third-order valence-electron chi connectivity index (χ3n) is 2.10. The fraction of sp³-hybridized carbons (Fsp3) is 0.500. The summed E-state index contributed by atoms with van der Waals surface area (Å²) in [6, 6.07) is 7.70. The van der Waals surface area contributed by atoms with Crippen molar-refractivity contribution in [3.05, 3.63) is 35.6 Å². The van der Waals surface area contributed by atoms with Crippen molar-refractivity contribution in [2.45, 2.75) is 39.3 Å². The Morgan fingerprint density at radius 1 is 1.21 bits per heavy atom. The first-order valence-electron chi connectivity index (χ1n) is 5.09. The minimum Gasteiger partial charge on any atom is -0.312 e. The van der Waals surface area contributed by atoms with Crippen LogP contribution in [0.3, 0.4) is 0 Å². The highest BCUT2D eigenvalue weighted by atomic mass is 19.1. The van der Waals surface area contributed by atoms with Gasteiger partial charge in [0, 0.05) is 12.1 Å². The Morgan fingerprint density at radius 3 is 2.43 bits per heavy atom. The van der Waals surface area contributed by atoms with Crippen LogP contribution < -0.4 is 5.32 Å². The van der Waals surface area contributed by atoms with Crippen LogP contribution in [0.25, 0.3) is 0 Å². The third kappa shape index (κ3) is 3.46. The van der Waals surface area contributed by atoms with Gasteiger partial charge in [-0.15, -0.1) is 0 Å². The van der Waals surface area contributed by atoms with Crippen molar-refractivity contribution < 1.29 is 4.39 Å². The maximum absolute atomic E-state index is 13.3. The van der Waals surface area contributed by atoms with Gasteiger partial charge >= 0.3 is 0 Å². The standard InChI is InChI=1S/C12H18FN/c1-9(2)14-10(3)8-11-6-4-5-7-12(11)13/h4-7,9-10,14H,8H2,1-3H3. The van der Waals surface area contributed by atoms with E-state index in [4.69, 9.17) is 0 Å². The average molecular weight is 195 g/mol. The van der Waals surface area contributed by atoms with Gasteiger partial charge in [0.25, 0.3) is 0 Å². The van der Waals surface area contributed by atoms with E-state index < -0.39 is 0 Å². The van der Waals surface area contributed by atoms with E-state index in [1.807, 2.05) is 12.1 Å². The molecule has 1 nitrogen and oxygen atoms in total. The Morgan fingerprint density at radius 2 is 1.86 bits per heavy atom. The summed E-state index contributed by atoms with van der Waals surface area (Å²) in [5.41, 5.74) is 0.785. The second-order valence-corrected chi connectivity index (χ2v) is 4.02. The van der Waals surface area contributed by atoms with E-state index in [9.17, 15) is 4.39 Å². The lowest BCUT2D eigenvalue weighted by atomic mass is 10.1. The zero-order valence-corrected chi connectivity index (χ0v) is 9.05. The zero-order chi connectivity index (χ0) is 10.6. The van der Waals surface area contributed by atoms with E-state index in [0.717, 1.165) is 12.0 Å². The van der Waals surface area contributed by atoms with Crippen LogP contribution in [0.15, 0.2) is 24.3 Å². The molecule has 0 aliphatic rings. The molecule has 0 aromatic heterocycles. The number of benzene rings is 1. The molecule has 1 aromatic carbocycles. The topological polar surface area (TPSA) is 12.0 Å². The maximum Gasteiger partial charge on any atom is 0.126 e. The van der Waals surface area contributed by atoms with Gasteiger partial charge in [-0.25, -0.2) is 4.39 Å². The fourth-order valence-corrected chi connectivity index (χ4v) is 1.62. The van der Waals surface area contributed by atoms with Gasteiger partial charge in [0.2, 0.25) is 0 Å². The fourth-order valence-electron chi connectivity index (χ4n) is 1.62. The van der Waals surface area contributed by atoms with Gasteiger partial charge in [0.15, 0.2) is 0 Å². The number of halogens is 1. The predicted molar refractivity (Wildman–Crippen MR) is 57.8 cm³/mol. The Labute approximate surface area is 85.3 Å². The molecule has 0 aliphatic carbocycles. The third-order valence-corrected chi connectivity index (χ3v) is 2.10. The number of hydrogen-bond donors (Lipinski definition) is 1. The summed E-state index contributed by atoms with van der Waals surface area (Å²) >= 11 is 0. The molecule has 14 heavy (non-hydrogen) atoms. The van der Waals surface area contributed by atoms with Crippen LogP contribution in [0.4, 0.5) is 4.39 Å². The minimum absolute atomic E-state index is 0.107. The normalized spacial score (nSPS) is 13.2. The molecule has 78 valence electrons. The molecule has 0 saturated heterocycles. The highest BCUT2D eigenvalue weighted by molar-refractivity contribution is 5.18. The highest BCUT2D eigenvalue weighted by Crippen LogP contribution is 2.09. The predicted octanol–water partition coefficient (Wildman–Crippen LogP) is 2.75. The second-order valence-electron chi connectivity index (χ2n) is 4.02. The lowest BCUT2D eigenvalue weighted by Crippen LogP contribution is -2.34. The molecule has 2 heteroatoms. The maximum atomic E-state index is 13.3. The first-order chi connectivity index (χ1) is 6.59. The number of rotatable bonds is 4. The molecule has 0 spiro atoms. The van der Waals surface area contributed by atoms with Gasteiger partial charge in [0.05, 0.1) is 0 Å². The molecule has 0 bridgehead atoms. The quantitative estimate of drug-likeness (QED) is 0.779. The Bertz CT molecular complexity index is 283. The van der Waals surface area contributed by atoms with Crippen molar-refractivity contribution in [3.8, 4) is 0 Å². The molecule has 0 amide bonds. The average Bonchev–Trinajstić information content (AvgIpc) is 2.07. The summed E-state index contributed by atoms with van der Waals surface area (Å²) in [4.78, 5) is 0. The molecule has 0 radical (unpaired) electrons. The molecule has 1 rings (SSSR count). The first kappa shape index (κ1) is 11.2. The van der Waals surface area contributed by atoms with E-state index in [0.29, 0.717) is 12.1 Å². The summed E-state index contributed by atoms with van der Waals surface area (Å²) in [5.74, 6) is -0.107. The Balaban J connectivity index is 2.56. The van der Waals surface area contributed by atoms with Gasteiger partial charge < -0.3 is 5.32 Å². The summed E-state index contributed by atoms with van der Waals surface area (Å²) in [6.07, 6.45) is 0.741. The Hall–Kier alpha value is -0.890. The largest absolute Gasteiger partial charge is 0.312 e. The van der Waals surface area contributed by atoms with E-state index in [1.54, 1.807) is 6.07 Å². The molecular weight excluding hydrogens is 177 g/mol. The summed E-state index contributed by atoms with van der Waals surface area (Å²) in [7, 11) is 0. The van der Waals surface area contributed by atoms with Gasteiger partial charge in [-0.05, 0) is 25.0 Å². The van der Waals surface area contributed by atoms with E-state index in [-0.39, 0.29) is 5.82 Å². The highest BCUT2D eigenvalue weighted by Gasteiger charge is 2.07. The molecule has 1 aromatic rings. The molecule has 0 fully saturated rings. The van der Waals surface area contributed by atoms with Gasteiger partial charge in [-0.1, -0.05) is 32.0 Å². The van der Waals surface area contributed by atoms with Crippen LogP contribution in [-0.2, 0) is 6.42 Å². The zero-order valence-electron chi connectivity index (χ0n) is 9.05. The molecule has 0 saturated carbocycles. The van der Waals surface area contributed by atoms with Crippen molar-refractivity contribution in [2.75, 3.05) is 0 Å². The minimum atomic E-state index is -0.107. The van der Waals surface area contributed by atoms with Crippen LogP contribution in [0.5, 0.6) is 0 Å². The second kappa shape index (κ2) is 5.11. The smallest absolute Gasteiger partial charge is 0.126 e. The van der Waals surface area contributed by atoms with Crippen LogP contribution in [-0.4, -0.2) is 12.1 Å². The summed E-state index contributed by atoms with van der Waals surface area (Å²) in [6.45, 7) is 6.27. The van der Waals surface area contributed by atoms with Crippen LogP contribution >= 0.6 is 0 Å². The van der Waals surface area contributed by atoms with Crippen molar-refractivity contribution in [2.24, 2.45) is 0 Å². The van der Waals surface area contributed by atoms with Crippen LogP contribution in [0.1, 0.15) is 26.3 Å². The van der Waals surface area contributed by atoms with Gasteiger partial charge in [-0.2, -0.15) is 0 Å². The number of nitrogens with one attached hydrogen (secondary N) is 1. The SMILES string of the molecule is CC(C)NC(C)Cc1ccccc1F. The molecule has 1 atom stereocenters. The lowest BCUT2D eigenvalue weighted by Gasteiger charge is -2.16. The van der Waals surface area contributed by atoms with Crippen molar-refractivity contribution in [1.29, 1.82) is 0 Å². The Kier molecular flexibility index (Phi) is 4.08.